The lowest BCUT2D eigenvalue weighted by Crippen LogP contribution is -2.43. The van der Waals surface area contributed by atoms with Gasteiger partial charge in [-0.2, -0.15) is 24.9 Å². The smallest absolute Gasteiger partial charge is 0.375 e. The first-order valence-electron chi connectivity index (χ1n) is 4.96. The number of alkyl halides is 3. The molecule has 2 nitrogen and oxygen atoms in total. The maximum atomic E-state index is 12.0. The number of hydrogen-bond donors (Lipinski definition) is 1. The summed E-state index contributed by atoms with van der Waals surface area (Å²) in [4.78, 5) is 0. The van der Waals surface area contributed by atoms with Crippen LogP contribution in [-0.4, -0.2) is 43.5 Å². The first kappa shape index (κ1) is 13.1. The molecule has 1 heterocycles. The maximum absolute atomic E-state index is 12.0. The molecule has 1 aliphatic rings. The molecular formula is C9H16F3NOS. The van der Waals surface area contributed by atoms with Gasteiger partial charge in [-0.15, -0.1) is 0 Å². The van der Waals surface area contributed by atoms with Gasteiger partial charge in [0.15, 0.2) is 0 Å². The molecule has 0 aromatic carbocycles. The average Bonchev–Trinajstić information content (AvgIpc) is 2.19. The van der Waals surface area contributed by atoms with Crippen LogP contribution in [0.5, 0.6) is 0 Å². The minimum Gasteiger partial charge on any atom is -0.375 e. The van der Waals surface area contributed by atoms with Crippen molar-refractivity contribution in [2.75, 3.05) is 25.2 Å². The molecule has 0 radical (unpaired) electrons. The summed E-state index contributed by atoms with van der Waals surface area (Å²) in [6.07, 6.45) is -4.82. The van der Waals surface area contributed by atoms with E-state index in [2.05, 4.69) is 5.32 Å². The molecule has 0 amide bonds. The lowest BCUT2D eigenvalue weighted by atomic mass is 10.1. The molecule has 0 aromatic heterocycles. The summed E-state index contributed by atoms with van der Waals surface area (Å²) in [6.45, 7) is 0.638. The second-order valence-electron chi connectivity index (χ2n) is 3.53. The molecule has 6 heteroatoms. The van der Waals surface area contributed by atoms with Crippen molar-refractivity contribution in [3.63, 3.8) is 0 Å². The summed E-state index contributed by atoms with van der Waals surface area (Å²) in [7, 11) is 1.68. The van der Waals surface area contributed by atoms with Gasteiger partial charge >= 0.3 is 6.18 Å². The number of thioether (sulfide) groups is 1. The van der Waals surface area contributed by atoms with Gasteiger partial charge in [0.2, 0.25) is 0 Å². The van der Waals surface area contributed by atoms with E-state index in [1.807, 2.05) is 0 Å². The predicted molar refractivity (Wildman–Crippen MR) is 55.2 cm³/mol. The molecule has 1 saturated heterocycles. The van der Waals surface area contributed by atoms with Gasteiger partial charge in [-0.3, -0.25) is 0 Å². The molecule has 0 aromatic rings. The topological polar surface area (TPSA) is 21.3 Å². The van der Waals surface area contributed by atoms with Gasteiger partial charge in [-0.25, -0.2) is 0 Å². The number of halogens is 3. The van der Waals surface area contributed by atoms with Crippen molar-refractivity contribution in [3.05, 3.63) is 0 Å². The van der Waals surface area contributed by atoms with Crippen LogP contribution in [0.4, 0.5) is 13.2 Å². The zero-order valence-corrected chi connectivity index (χ0v) is 9.46. The Bertz CT molecular complexity index is 183. The van der Waals surface area contributed by atoms with E-state index in [0.29, 0.717) is 6.61 Å². The minimum absolute atomic E-state index is 0.0869. The van der Waals surface area contributed by atoms with Gasteiger partial charge in [0.05, 0.1) is 12.7 Å². The number of hydrogen-bond acceptors (Lipinski definition) is 3. The van der Waals surface area contributed by atoms with Crippen LogP contribution in [0, 0.1) is 0 Å². The van der Waals surface area contributed by atoms with Crippen molar-refractivity contribution in [1.29, 1.82) is 0 Å². The fraction of sp³-hybridized carbons (Fsp3) is 1.00. The summed E-state index contributed by atoms with van der Waals surface area (Å²) in [5, 5.41) is 2.91. The highest BCUT2D eigenvalue weighted by Crippen LogP contribution is 2.25. The van der Waals surface area contributed by atoms with Crippen LogP contribution in [-0.2, 0) is 4.74 Å². The number of ether oxygens (including phenoxy) is 1. The van der Waals surface area contributed by atoms with E-state index in [-0.39, 0.29) is 18.6 Å². The standard InChI is InChI=1S/C9H16F3NOS/c1-13-7(2-3-9(10,11)12)8-6-15-5-4-14-8/h7-8,13H,2-6H2,1H3. The summed E-state index contributed by atoms with van der Waals surface area (Å²) in [5.41, 5.74) is 0. The van der Waals surface area contributed by atoms with E-state index in [9.17, 15) is 13.2 Å². The molecule has 1 fully saturated rings. The second kappa shape index (κ2) is 5.96. The van der Waals surface area contributed by atoms with Crippen molar-refractivity contribution in [2.24, 2.45) is 0 Å². The van der Waals surface area contributed by atoms with Crippen LogP contribution in [0.1, 0.15) is 12.8 Å². The van der Waals surface area contributed by atoms with Gasteiger partial charge in [-0.05, 0) is 13.5 Å². The van der Waals surface area contributed by atoms with Crippen LogP contribution >= 0.6 is 11.8 Å². The Labute approximate surface area is 91.9 Å². The minimum atomic E-state index is -4.07. The summed E-state index contributed by atoms with van der Waals surface area (Å²) in [5.74, 6) is 1.72. The van der Waals surface area contributed by atoms with Gasteiger partial charge in [0.1, 0.15) is 0 Å². The van der Waals surface area contributed by atoms with Crippen molar-refractivity contribution in [2.45, 2.75) is 31.2 Å². The maximum Gasteiger partial charge on any atom is 0.389 e. The SMILES string of the molecule is CNC(CCC(F)(F)F)C1CSCCO1. The molecule has 2 atom stereocenters. The van der Waals surface area contributed by atoms with E-state index in [1.54, 1.807) is 18.8 Å². The Kier molecular flexibility index (Phi) is 5.22. The van der Waals surface area contributed by atoms with Crippen molar-refractivity contribution >= 4 is 11.8 Å². The molecule has 1 aliphatic heterocycles. The quantitative estimate of drug-likeness (QED) is 0.816. The average molecular weight is 243 g/mol. The largest absolute Gasteiger partial charge is 0.389 e. The van der Waals surface area contributed by atoms with Crippen molar-refractivity contribution in [1.82, 2.24) is 5.32 Å². The molecule has 90 valence electrons. The molecule has 0 aliphatic carbocycles. The van der Waals surface area contributed by atoms with E-state index in [0.717, 1.165) is 11.5 Å². The Balaban J connectivity index is 2.34. The third-order valence-electron chi connectivity index (χ3n) is 2.40. The predicted octanol–water partition coefficient (Wildman–Crippen LogP) is 2.05. The van der Waals surface area contributed by atoms with Gasteiger partial charge < -0.3 is 10.1 Å². The highest BCUT2D eigenvalue weighted by atomic mass is 32.2. The molecule has 15 heavy (non-hydrogen) atoms. The fourth-order valence-electron chi connectivity index (χ4n) is 1.57. The van der Waals surface area contributed by atoms with Gasteiger partial charge in [-0.1, -0.05) is 0 Å². The Hall–Kier alpha value is 0.0600. The third kappa shape index (κ3) is 5.08. The third-order valence-corrected chi connectivity index (χ3v) is 3.42. The lowest BCUT2D eigenvalue weighted by molar-refractivity contribution is -0.138. The molecule has 1 N–H and O–H groups in total. The second-order valence-corrected chi connectivity index (χ2v) is 4.68. The highest BCUT2D eigenvalue weighted by molar-refractivity contribution is 7.99. The number of rotatable bonds is 4. The number of likely N-dealkylation sites (N-methyl/N-ethyl adjacent to an activating group) is 1. The molecule has 0 bridgehead atoms. The monoisotopic (exact) mass is 243 g/mol. The first-order chi connectivity index (χ1) is 7.03. The zero-order chi connectivity index (χ0) is 11.3. The van der Waals surface area contributed by atoms with Crippen molar-refractivity contribution in [3.8, 4) is 0 Å². The number of nitrogens with one attached hydrogen (secondary N) is 1. The van der Waals surface area contributed by atoms with Crippen LogP contribution in [0.3, 0.4) is 0 Å². The van der Waals surface area contributed by atoms with E-state index in [1.165, 1.54) is 0 Å². The van der Waals surface area contributed by atoms with E-state index >= 15 is 0 Å². The molecule has 0 saturated carbocycles. The molecule has 0 spiro atoms. The molecular weight excluding hydrogens is 227 g/mol. The highest BCUT2D eigenvalue weighted by Gasteiger charge is 2.31. The first-order valence-corrected chi connectivity index (χ1v) is 6.12. The molecule has 2 unspecified atom stereocenters. The normalized spacial score (nSPS) is 25.2. The fourth-order valence-corrected chi connectivity index (χ4v) is 2.52. The van der Waals surface area contributed by atoms with Crippen LogP contribution in [0.25, 0.3) is 0 Å². The summed E-state index contributed by atoms with van der Waals surface area (Å²) in [6, 6.07) is -0.195. The van der Waals surface area contributed by atoms with Crippen LogP contribution in [0.2, 0.25) is 0 Å². The molecule has 1 rings (SSSR count). The van der Waals surface area contributed by atoms with Crippen LogP contribution < -0.4 is 5.32 Å². The van der Waals surface area contributed by atoms with Gasteiger partial charge in [0.25, 0.3) is 0 Å². The zero-order valence-electron chi connectivity index (χ0n) is 8.64. The van der Waals surface area contributed by atoms with Crippen molar-refractivity contribution < 1.29 is 17.9 Å². The van der Waals surface area contributed by atoms with Crippen LogP contribution in [0.15, 0.2) is 0 Å². The van der Waals surface area contributed by atoms with E-state index < -0.39 is 12.6 Å². The summed E-state index contributed by atoms with van der Waals surface area (Å²) < 4.78 is 41.6. The van der Waals surface area contributed by atoms with E-state index in [4.69, 9.17) is 4.74 Å². The van der Waals surface area contributed by atoms with Gasteiger partial charge in [0, 0.05) is 24.0 Å². The summed E-state index contributed by atoms with van der Waals surface area (Å²) >= 11 is 1.73. The Morgan fingerprint density at radius 2 is 2.27 bits per heavy atom. The Morgan fingerprint density at radius 1 is 1.53 bits per heavy atom. The Morgan fingerprint density at radius 3 is 2.73 bits per heavy atom. The lowest BCUT2D eigenvalue weighted by Gasteiger charge is -2.30.